The maximum Gasteiger partial charge on any atom is 0.338 e. The van der Waals surface area contributed by atoms with E-state index in [9.17, 15) is 17.6 Å². The summed E-state index contributed by atoms with van der Waals surface area (Å²) in [6, 6.07) is 1.89. The van der Waals surface area contributed by atoms with E-state index < -0.39 is 32.9 Å². The molecule has 1 aromatic rings. The molecule has 2 rings (SSSR count). The van der Waals surface area contributed by atoms with Crippen LogP contribution in [0.1, 0.15) is 36.7 Å². The van der Waals surface area contributed by atoms with E-state index in [1.54, 1.807) is 20.8 Å². The van der Waals surface area contributed by atoms with Crippen LogP contribution in [0.4, 0.5) is 4.39 Å². The Balaban J connectivity index is 2.66. The number of nitrogens with zero attached hydrogens (tertiary/aromatic N) is 1. The minimum atomic E-state index is -3.77. The van der Waals surface area contributed by atoms with Crippen molar-refractivity contribution in [2.24, 2.45) is 0 Å². The molecular weight excluding hydrogens is 273 g/mol. The Labute approximate surface area is 110 Å². The van der Waals surface area contributed by atoms with Gasteiger partial charge in [-0.25, -0.2) is 17.6 Å². The molecule has 0 spiro atoms. The van der Waals surface area contributed by atoms with Gasteiger partial charge in [0, 0.05) is 12.1 Å². The highest BCUT2D eigenvalue weighted by molar-refractivity contribution is 7.89. The molecule has 0 atom stereocenters. The lowest BCUT2D eigenvalue weighted by Crippen LogP contribution is -2.41. The molecule has 1 heterocycles. The summed E-state index contributed by atoms with van der Waals surface area (Å²) in [5, 5.41) is 8.84. The first-order valence-electron chi connectivity index (χ1n) is 5.63. The van der Waals surface area contributed by atoms with Crippen LogP contribution in [-0.2, 0) is 16.6 Å². The number of fused-ring (bicyclic) bond motifs is 1. The van der Waals surface area contributed by atoms with Crippen molar-refractivity contribution in [1.82, 2.24) is 4.31 Å². The maximum absolute atomic E-state index is 13.6. The van der Waals surface area contributed by atoms with Gasteiger partial charge in [0.2, 0.25) is 10.0 Å². The third-order valence-electron chi connectivity index (χ3n) is 3.01. The number of halogens is 1. The van der Waals surface area contributed by atoms with E-state index in [2.05, 4.69) is 0 Å². The third kappa shape index (κ3) is 2.12. The highest BCUT2D eigenvalue weighted by Gasteiger charge is 2.42. The van der Waals surface area contributed by atoms with Crippen molar-refractivity contribution in [1.29, 1.82) is 0 Å². The van der Waals surface area contributed by atoms with Gasteiger partial charge in [-0.3, -0.25) is 0 Å². The zero-order chi connectivity index (χ0) is 14.6. The van der Waals surface area contributed by atoms with Crippen molar-refractivity contribution >= 4 is 16.0 Å². The number of carboxylic acid groups (broad SMARTS) is 1. The summed E-state index contributed by atoms with van der Waals surface area (Å²) in [4.78, 5) is 10.7. The minimum Gasteiger partial charge on any atom is -0.478 e. The Hall–Kier alpha value is -1.47. The number of benzene rings is 1. The second-order valence-electron chi connectivity index (χ2n) is 5.43. The number of carbonyl (C=O) groups is 1. The van der Waals surface area contributed by atoms with E-state index in [4.69, 9.17) is 5.11 Å². The molecule has 104 valence electrons. The quantitative estimate of drug-likeness (QED) is 0.855. The molecule has 0 aliphatic carbocycles. The summed E-state index contributed by atoms with van der Waals surface area (Å²) in [6.07, 6.45) is 0. The standard InChI is InChI=1S/C12H14FNO4S/c1-12(2,3)14-6-7-4-9(13)8(11(15)16)5-10(7)19(14,17)18/h4-5H,6H2,1-3H3,(H,15,16). The fourth-order valence-corrected chi connectivity index (χ4v) is 4.07. The smallest absolute Gasteiger partial charge is 0.338 e. The lowest BCUT2D eigenvalue weighted by atomic mass is 10.1. The Bertz CT molecular complexity index is 661. The zero-order valence-corrected chi connectivity index (χ0v) is 11.6. The second kappa shape index (κ2) is 4.01. The Kier molecular flexibility index (Phi) is 2.94. The van der Waals surface area contributed by atoms with Crippen molar-refractivity contribution < 1.29 is 22.7 Å². The number of rotatable bonds is 1. The van der Waals surface area contributed by atoms with Crippen LogP contribution in [0.2, 0.25) is 0 Å². The van der Waals surface area contributed by atoms with Crippen LogP contribution in [0.3, 0.4) is 0 Å². The molecule has 0 unspecified atom stereocenters. The van der Waals surface area contributed by atoms with E-state index in [-0.39, 0.29) is 17.0 Å². The zero-order valence-electron chi connectivity index (χ0n) is 10.8. The molecule has 0 amide bonds. The van der Waals surface area contributed by atoms with Gasteiger partial charge >= 0.3 is 5.97 Å². The first-order valence-corrected chi connectivity index (χ1v) is 7.07. The van der Waals surface area contributed by atoms with Crippen molar-refractivity contribution in [2.75, 3.05) is 0 Å². The van der Waals surface area contributed by atoms with Crippen molar-refractivity contribution in [3.63, 3.8) is 0 Å². The second-order valence-corrected chi connectivity index (χ2v) is 7.26. The van der Waals surface area contributed by atoms with E-state index in [1.165, 1.54) is 4.31 Å². The van der Waals surface area contributed by atoms with E-state index in [0.717, 1.165) is 12.1 Å². The van der Waals surface area contributed by atoms with Gasteiger partial charge in [0.25, 0.3) is 0 Å². The molecule has 0 fully saturated rings. The fourth-order valence-electron chi connectivity index (χ4n) is 2.08. The topological polar surface area (TPSA) is 74.7 Å². The molecule has 0 bridgehead atoms. The van der Waals surface area contributed by atoms with Crippen LogP contribution in [0.5, 0.6) is 0 Å². The Morgan fingerprint density at radius 3 is 2.42 bits per heavy atom. The monoisotopic (exact) mass is 287 g/mol. The van der Waals surface area contributed by atoms with Gasteiger partial charge in [-0.2, -0.15) is 4.31 Å². The molecule has 0 saturated heterocycles. The molecule has 0 saturated carbocycles. The van der Waals surface area contributed by atoms with Crippen LogP contribution in [0.15, 0.2) is 17.0 Å². The maximum atomic E-state index is 13.6. The van der Waals surface area contributed by atoms with Crippen LogP contribution >= 0.6 is 0 Å². The van der Waals surface area contributed by atoms with Crippen LogP contribution in [-0.4, -0.2) is 29.3 Å². The highest BCUT2D eigenvalue weighted by atomic mass is 32.2. The van der Waals surface area contributed by atoms with Crippen molar-refractivity contribution in [2.45, 2.75) is 37.8 Å². The van der Waals surface area contributed by atoms with Crippen LogP contribution < -0.4 is 0 Å². The van der Waals surface area contributed by atoms with Gasteiger partial charge < -0.3 is 5.11 Å². The number of sulfonamides is 1. The summed E-state index contributed by atoms with van der Waals surface area (Å²) < 4.78 is 39.5. The molecule has 0 aromatic heterocycles. The lowest BCUT2D eigenvalue weighted by Gasteiger charge is -2.29. The van der Waals surface area contributed by atoms with E-state index in [1.807, 2.05) is 0 Å². The summed E-state index contributed by atoms with van der Waals surface area (Å²) in [7, 11) is -3.77. The molecule has 19 heavy (non-hydrogen) atoms. The molecule has 0 radical (unpaired) electrons. The van der Waals surface area contributed by atoms with Crippen LogP contribution in [0, 0.1) is 5.82 Å². The molecule has 1 aromatic carbocycles. The average molecular weight is 287 g/mol. The summed E-state index contributed by atoms with van der Waals surface area (Å²) in [6.45, 7) is 5.23. The van der Waals surface area contributed by atoms with Gasteiger partial charge in [0.1, 0.15) is 5.82 Å². The summed E-state index contributed by atoms with van der Waals surface area (Å²) in [5.74, 6) is -2.40. The highest BCUT2D eigenvalue weighted by Crippen LogP contribution is 2.36. The van der Waals surface area contributed by atoms with Crippen LogP contribution in [0.25, 0.3) is 0 Å². The minimum absolute atomic E-state index is 0.0536. The largest absolute Gasteiger partial charge is 0.478 e. The lowest BCUT2D eigenvalue weighted by molar-refractivity contribution is 0.0691. The SMILES string of the molecule is CC(C)(C)N1Cc2cc(F)c(C(=O)O)cc2S1(=O)=O. The van der Waals surface area contributed by atoms with Gasteiger partial charge in [-0.15, -0.1) is 0 Å². The molecule has 5 nitrogen and oxygen atoms in total. The number of aromatic carboxylic acids is 1. The summed E-state index contributed by atoms with van der Waals surface area (Å²) >= 11 is 0. The Morgan fingerprint density at radius 2 is 1.95 bits per heavy atom. The fraction of sp³-hybridized carbons (Fsp3) is 0.417. The van der Waals surface area contributed by atoms with E-state index >= 15 is 0 Å². The number of hydrogen-bond acceptors (Lipinski definition) is 3. The van der Waals surface area contributed by atoms with Gasteiger partial charge in [-0.1, -0.05) is 0 Å². The number of hydrogen-bond donors (Lipinski definition) is 1. The molecule has 1 aliphatic heterocycles. The first kappa shape index (κ1) is 14.0. The molecule has 1 aliphatic rings. The van der Waals surface area contributed by atoms with Gasteiger partial charge in [0.05, 0.1) is 10.5 Å². The first-order chi connectivity index (χ1) is 8.55. The molecule has 7 heteroatoms. The van der Waals surface area contributed by atoms with Crippen molar-refractivity contribution in [3.8, 4) is 0 Å². The summed E-state index contributed by atoms with van der Waals surface area (Å²) in [5.41, 5.74) is -0.993. The average Bonchev–Trinajstić information content (AvgIpc) is 2.48. The van der Waals surface area contributed by atoms with Gasteiger partial charge in [0.15, 0.2) is 0 Å². The molecule has 1 N–H and O–H groups in total. The predicted molar refractivity (Wildman–Crippen MR) is 65.8 cm³/mol. The Morgan fingerprint density at radius 1 is 1.37 bits per heavy atom. The molecular formula is C12H14FNO4S. The normalized spacial score (nSPS) is 18.3. The van der Waals surface area contributed by atoms with Crippen molar-refractivity contribution in [3.05, 3.63) is 29.1 Å². The number of carboxylic acids is 1. The third-order valence-corrected chi connectivity index (χ3v) is 5.20. The predicted octanol–water partition coefficient (Wildman–Crippen LogP) is 1.83. The van der Waals surface area contributed by atoms with Gasteiger partial charge in [-0.05, 0) is 38.5 Å². The van der Waals surface area contributed by atoms with E-state index in [0.29, 0.717) is 0 Å².